The summed E-state index contributed by atoms with van der Waals surface area (Å²) in [4.78, 5) is 24.0. The second kappa shape index (κ2) is 10.6. The lowest BCUT2D eigenvalue weighted by molar-refractivity contribution is -0.146. The topological polar surface area (TPSA) is 114 Å². The fourth-order valence-electron chi connectivity index (χ4n) is 3.49. The highest BCUT2D eigenvalue weighted by atomic mass is 16.5. The number of hydrogen-bond acceptors (Lipinski definition) is 5. The molecule has 0 spiro atoms. The molecule has 4 N–H and O–H groups in total. The van der Waals surface area contributed by atoms with Gasteiger partial charge in [-0.3, -0.25) is 15.0 Å². The number of nitrogens with two attached hydrogens (primary N) is 1. The molecule has 7 nitrogen and oxygen atoms in total. The largest absolute Gasteiger partial charge is 0.491 e. The van der Waals surface area contributed by atoms with E-state index in [0.29, 0.717) is 30.9 Å². The zero-order valence-electron chi connectivity index (χ0n) is 17.7. The van der Waals surface area contributed by atoms with Crippen molar-refractivity contribution in [2.45, 2.75) is 38.6 Å². The number of carbonyl (C=O) groups is 2. The normalized spacial score (nSPS) is 17.8. The van der Waals surface area contributed by atoms with E-state index in [1.807, 2.05) is 55.5 Å². The van der Waals surface area contributed by atoms with Crippen LogP contribution in [-0.2, 0) is 14.3 Å². The number of hydrogen-bond donors (Lipinski definition) is 3. The molecule has 0 aromatic heterocycles. The van der Waals surface area contributed by atoms with Gasteiger partial charge in [0.25, 0.3) is 0 Å². The molecule has 0 saturated carbocycles. The smallest absolute Gasteiger partial charge is 0.306 e. The van der Waals surface area contributed by atoms with E-state index in [0.717, 1.165) is 24.0 Å². The molecule has 1 saturated heterocycles. The van der Waals surface area contributed by atoms with Crippen molar-refractivity contribution < 1.29 is 19.1 Å². The van der Waals surface area contributed by atoms with Crippen molar-refractivity contribution in [3.63, 3.8) is 0 Å². The average Bonchev–Trinajstić information content (AvgIpc) is 3.12. The predicted octanol–water partition coefficient (Wildman–Crippen LogP) is 3.25. The summed E-state index contributed by atoms with van der Waals surface area (Å²) < 4.78 is 11.0. The number of nitrogen functional groups attached to an aromatic ring is 1. The maximum Gasteiger partial charge on any atom is 0.306 e. The summed E-state index contributed by atoms with van der Waals surface area (Å²) in [6.07, 6.45) is 2.47. The number of carbonyl (C=O) groups excluding carboxylic acids is 2. The van der Waals surface area contributed by atoms with Gasteiger partial charge in [0, 0.05) is 5.56 Å². The first-order chi connectivity index (χ1) is 15.0. The highest BCUT2D eigenvalue weighted by Gasteiger charge is 2.34. The number of rotatable bonds is 10. The predicted molar refractivity (Wildman–Crippen MR) is 119 cm³/mol. The van der Waals surface area contributed by atoms with Crippen molar-refractivity contribution in [1.82, 2.24) is 5.32 Å². The molecule has 1 heterocycles. The van der Waals surface area contributed by atoms with Gasteiger partial charge in [-0.15, -0.1) is 0 Å². The Morgan fingerprint density at radius 3 is 2.39 bits per heavy atom. The van der Waals surface area contributed by atoms with Crippen LogP contribution in [0.3, 0.4) is 0 Å². The number of esters is 1. The van der Waals surface area contributed by atoms with Crippen LogP contribution in [0.15, 0.2) is 48.5 Å². The summed E-state index contributed by atoms with van der Waals surface area (Å²) >= 11 is 0. The van der Waals surface area contributed by atoms with Crippen molar-refractivity contribution in [2.75, 3.05) is 13.2 Å². The molecule has 3 rings (SSSR count). The molecule has 1 fully saturated rings. The first-order valence-electron chi connectivity index (χ1n) is 10.6. The Morgan fingerprint density at radius 2 is 1.77 bits per heavy atom. The monoisotopic (exact) mass is 423 g/mol. The fourth-order valence-corrected chi connectivity index (χ4v) is 3.49. The summed E-state index contributed by atoms with van der Waals surface area (Å²) in [5.41, 5.74) is 8.23. The van der Waals surface area contributed by atoms with Crippen LogP contribution in [0.4, 0.5) is 0 Å². The van der Waals surface area contributed by atoms with Gasteiger partial charge in [0.05, 0.1) is 25.0 Å². The third-order valence-electron chi connectivity index (χ3n) is 5.29. The molecule has 1 amide bonds. The van der Waals surface area contributed by atoms with E-state index in [4.69, 9.17) is 20.6 Å². The van der Waals surface area contributed by atoms with E-state index in [9.17, 15) is 9.59 Å². The molecule has 0 aliphatic carbocycles. The first-order valence-corrected chi connectivity index (χ1v) is 10.6. The lowest BCUT2D eigenvalue weighted by Gasteiger charge is -2.12. The molecule has 2 atom stereocenters. The number of unbranched alkanes of at least 4 members (excludes halogenated alkanes) is 1. The number of ether oxygens (including phenoxy) is 2. The quantitative estimate of drug-likeness (QED) is 0.235. The molecule has 2 aromatic rings. The van der Waals surface area contributed by atoms with Crippen LogP contribution in [0, 0.1) is 11.3 Å². The highest BCUT2D eigenvalue weighted by Crippen LogP contribution is 2.24. The molecule has 0 radical (unpaired) electrons. The van der Waals surface area contributed by atoms with Gasteiger partial charge < -0.3 is 20.5 Å². The van der Waals surface area contributed by atoms with Crippen molar-refractivity contribution in [1.29, 1.82) is 5.41 Å². The van der Waals surface area contributed by atoms with Crippen molar-refractivity contribution in [3.05, 3.63) is 54.1 Å². The van der Waals surface area contributed by atoms with E-state index in [1.165, 1.54) is 0 Å². The van der Waals surface area contributed by atoms with Gasteiger partial charge in [-0.25, -0.2) is 0 Å². The van der Waals surface area contributed by atoms with Gasteiger partial charge in [-0.1, -0.05) is 49.7 Å². The van der Waals surface area contributed by atoms with Gasteiger partial charge in [-0.05, 0) is 36.1 Å². The van der Waals surface area contributed by atoms with Gasteiger partial charge in [0.15, 0.2) is 0 Å². The highest BCUT2D eigenvalue weighted by molar-refractivity contribution is 5.95. The Bertz CT molecular complexity index is 909. The zero-order chi connectivity index (χ0) is 22.2. The van der Waals surface area contributed by atoms with Crippen LogP contribution in [-0.4, -0.2) is 37.0 Å². The van der Waals surface area contributed by atoms with Crippen LogP contribution < -0.4 is 15.8 Å². The number of nitrogens with one attached hydrogen (secondary N) is 2. The molecule has 2 aromatic carbocycles. The van der Waals surface area contributed by atoms with E-state index >= 15 is 0 Å². The second-order valence-electron chi connectivity index (χ2n) is 7.74. The Kier molecular flexibility index (Phi) is 7.65. The summed E-state index contributed by atoms with van der Waals surface area (Å²) in [5, 5.41) is 10.4. The van der Waals surface area contributed by atoms with Crippen molar-refractivity contribution in [3.8, 4) is 16.9 Å². The molecular weight excluding hydrogens is 394 g/mol. The SMILES string of the molecule is CCCCOC(=O)C[C@@H]1C[C@@H](COc2ccc(-c3ccc(C(=N)N)cc3)cc2)NC1=O. The minimum absolute atomic E-state index is 0.0462. The lowest BCUT2D eigenvalue weighted by Crippen LogP contribution is -2.31. The summed E-state index contributed by atoms with van der Waals surface area (Å²) in [6, 6.07) is 15.0. The summed E-state index contributed by atoms with van der Waals surface area (Å²) in [6.45, 7) is 2.79. The van der Waals surface area contributed by atoms with Crippen LogP contribution in [0.2, 0.25) is 0 Å². The van der Waals surface area contributed by atoms with Crippen molar-refractivity contribution >= 4 is 17.7 Å². The average molecular weight is 424 g/mol. The third-order valence-corrected chi connectivity index (χ3v) is 5.29. The molecule has 7 heteroatoms. The van der Waals surface area contributed by atoms with E-state index in [1.54, 1.807) is 0 Å². The standard InChI is InChI=1S/C24H29N3O4/c1-2-3-12-30-22(28)14-19-13-20(27-24(19)29)15-31-21-10-8-17(9-11-21)16-4-6-18(7-5-16)23(25)26/h4-11,19-20H,2-3,12-15H2,1H3,(H3,25,26)(H,27,29)/t19-,20-/m0/s1. The summed E-state index contributed by atoms with van der Waals surface area (Å²) in [5.74, 6) is -0.0405. The van der Waals surface area contributed by atoms with Crippen LogP contribution in [0.1, 0.15) is 38.2 Å². The molecule has 0 bridgehead atoms. The van der Waals surface area contributed by atoms with Gasteiger partial charge in [0.1, 0.15) is 18.2 Å². The maximum absolute atomic E-state index is 12.1. The molecule has 31 heavy (non-hydrogen) atoms. The molecule has 1 aliphatic rings. The third kappa shape index (κ3) is 6.31. The Hall–Kier alpha value is -3.35. The number of benzene rings is 2. The molecule has 1 aliphatic heterocycles. The molecular formula is C24H29N3O4. The van der Waals surface area contributed by atoms with Crippen LogP contribution >= 0.6 is 0 Å². The van der Waals surface area contributed by atoms with Gasteiger partial charge in [-0.2, -0.15) is 0 Å². The number of amidine groups is 1. The zero-order valence-corrected chi connectivity index (χ0v) is 17.7. The van der Waals surface area contributed by atoms with E-state index in [2.05, 4.69) is 5.32 Å². The Balaban J connectivity index is 1.47. The van der Waals surface area contributed by atoms with Crippen LogP contribution in [0.25, 0.3) is 11.1 Å². The lowest BCUT2D eigenvalue weighted by atomic mass is 10.0. The number of amides is 1. The van der Waals surface area contributed by atoms with Gasteiger partial charge >= 0.3 is 5.97 Å². The first kappa shape index (κ1) is 22.3. The maximum atomic E-state index is 12.1. The molecule has 0 unspecified atom stereocenters. The van der Waals surface area contributed by atoms with Gasteiger partial charge in [0.2, 0.25) is 5.91 Å². The minimum Gasteiger partial charge on any atom is -0.491 e. The van der Waals surface area contributed by atoms with E-state index < -0.39 is 0 Å². The second-order valence-corrected chi connectivity index (χ2v) is 7.74. The molecule has 164 valence electrons. The minimum atomic E-state index is -0.358. The summed E-state index contributed by atoms with van der Waals surface area (Å²) in [7, 11) is 0. The van der Waals surface area contributed by atoms with E-state index in [-0.39, 0.29) is 36.1 Å². The Labute approximate surface area is 182 Å². The van der Waals surface area contributed by atoms with Crippen LogP contribution in [0.5, 0.6) is 5.75 Å². The Morgan fingerprint density at radius 1 is 1.13 bits per heavy atom. The van der Waals surface area contributed by atoms with Crippen molar-refractivity contribution in [2.24, 2.45) is 11.7 Å². The fraction of sp³-hybridized carbons (Fsp3) is 0.375.